The number of ether oxygens (including phenoxy) is 1. The molecule has 16 heavy (non-hydrogen) atoms. The lowest BCUT2D eigenvalue weighted by Gasteiger charge is -2.24. The van der Waals surface area contributed by atoms with Crippen LogP contribution in [-0.2, 0) is 14.5 Å². The summed E-state index contributed by atoms with van der Waals surface area (Å²) in [6.07, 6.45) is 0.597. The highest BCUT2D eigenvalue weighted by Crippen LogP contribution is 2.29. The van der Waals surface area contributed by atoms with Crippen LogP contribution < -0.4 is 9.46 Å². The summed E-state index contributed by atoms with van der Waals surface area (Å²) in [7, 11) is -2.05. The minimum absolute atomic E-state index is 0.193. The molecule has 0 bridgehead atoms. The van der Waals surface area contributed by atoms with Crippen LogP contribution in [0.5, 0.6) is 5.75 Å². The predicted octanol–water partition coefficient (Wildman–Crippen LogP) is 0.991. The summed E-state index contributed by atoms with van der Waals surface area (Å²) in [5.74, 6) is 0.678. The molecule has 1 heterocycles. The van der Waals surface area contributed by atoms with E-state index >= 15 is 0 Å². The standard InChI is InChI=1S/C10H13NO4S/c1-14-10-5-3-2-4-8(10)9-6-7-15-16(12,13)11-9/h2-5,9,11H,6-7H2,1H3/t9-/m0/s1. The fourth-order valence-corrected chi connectivity index (χ4v) is 2.69. The second-order valence-electron chi connectivity index (χ2n) is 3.48. The zero-order valence-electron chi connectivity index (χ0n) is 8.84. The maximum Gasteiger partial charge on any atom is 0.336 e. The molecule has 6 heteroatoms. The SMILES string of the molecule is COc1ccccc1[C@@H]1CCOS(=O)(=O)N1. The molecule has 88 valence electrons. The normalized spacial score (nSPS) is 23.9. The van der Waals surface area contributed by atoms with Crippen LogP contribution in [0.25, 0.3) is 0 Å². The van der Waals surface area contributed by atoms with Gasteiger partial charge in [0.25, 0.3) is 0 Å². The van der Waals surface area contributed by atoms with Gasteiger partial charge in [0.15, 0.2) is 0 Å². The zero-order valence-corrected chi connectivity index (χ0v) is 9.66. The first-order valence-electron chi connectivity index (χ1n) is 4.92. The van der Waals surface area contributed by atoms with Crippen molar-refractivity contribution in [3.63, 3.8) is 0 Å². The van der Waals surface area contributed by atoms with Crippen LogP contribution in [0.15, 0.2) is 24.3 Å². The zero-order chi connectivity index (χ0) is 11.6. The first kappa shape index (κ1) is 11.4. The summed E-state index contributed by atoms with van der Waals surface area (Å²) in [5.41, 5.74) is 0.830. The van der Waals surface area contributed by atoms with Crippen molar-refractivity contribution >= 4 is 10.3 Å². The van der Waals surface area contributed by atoms with Crippen molar-refractivity contribution in [2.24, 2.45) is 0 Å². The molecule has 2 rings (SSSR count). The Kier molecular flexibility index (Phi) is 3.13. The second kappa shape index (κ2) is 4.40. The van der Waals surface area contributed by atoms with Crippen molar-refractivity contribution in [2.75, 3.05) is 13.7 Å². The third-order valence-electron chi connectivity index (χ3n) is 2.45. The Morgan fingerprint density at radius 3 is 2.88 bits per heavy atom. The molecule has 1 aromatic rings. The van der Waals surface area contributed by atoms with E-state index in [0.29, 0.717) is 12.2 Å². The van der Waals surface area contributed by atoms with Gasteiger partial charge in [-0.3, -0.25) is 4.18 Å². The first-order chi connectivity index (χ1) is 7.62. The molecule has 1 fully saturated rings. The minimum atomic E-state index is -3.61. The van der Waals surface area contributed by atoms with Gasteiger partial charge in [0, 0.05) is 5.56 Å². The lowest BCUT2D eigenvalue weighted by atomic mass is 10.0. The number of benzene rings is 1. The minimum Gasteiger partial charge on any atom is -0.496 e. The molecule has 0 aromatic heterocycles. The van der Waals surface area contributed by atoms with Gasteiger partial charge in [-0.05, 0) is 12.5 Å². The number of rotatable bonds is 2. The Morgan fingerprint density at radius 1 is 1.44 bits per heavy atom. The highest BCUT2D eigenvalue weighted by molar-refractivity contribution is 7.84. The van der Waals surface area contributed by atoms with Crippen LogP contribution in [0.1, 0.15) is 18.0 Å². The molecule has 1 aliphatic rings. The molecule has 0 saturated carbocycles. The molecule has 5 nitrogen and oxygen atoms in total. The van der Waals surface area contributed by atoms with E-state index in [1.54, 1.807) is 13.2 Å². The van der Waals surface area contributed by atoms with E-state index in [1.807, 2.05) is 18.2 Å². The van der Waals surface area contributed by atoms with Crippen LogP contribution in [0, 0.1) is 0 Å². The predicted molar refractivity (Wildman–Crippen MR) is 58.4 cm³/mol. The smallest absolute Gasteiger partial charge is 0.336 e. The molecule has 0 aliphatic carbocycles. The molecule has 1 aromatic carbocycles. The lowest BCUT2D eigenvalue weighted by molar-refractivity contribution is 0.255. The Hall–Kier alpha value is -1.11. The average Bonchev–Trinajstić information content (AvgIpc) is 2.27. The highest BCUT2D eigenvalue weighted by atomic mass is 32.2. The highest BCUT2D eigenvalue weighted by Gasteiger charge is 2.27. The van der Waals surface area contributed by atoms with Gasteiger partial charge in [0.05, 0.1) is 19.8 Å². The fraction of sp³-hybridized carbons (Fsp3) is 0.400. The molecule has 1 atom stereocenters. The molecular formula is C10H13NO4S. The van der Waals surface area contributed by atoms with Crippen molar-refractivity contribution in [2.45, 2.75) is 12.5 Å². The van der Waals surface area contributed by atoms with Crippen molar-refractivity contribution in [3.05, 3.63) is 29.8 Å². The maximum absolute atomic E-state index is 11.3. The molecule has 0 spiro atoms. The maximum atomic E-state index is 11.3. The molecule has 0 radical (unpaired) electrons. The molecule has 1 aliphatic heterocycles. The van der Waals surface area contributed by atoms with Gasteiger partial charge >= 0.3 is 10.3 Å². The van der Waals surface area contributed by atoms with Crippen LogP contribution in [0.3, 0.4) is 0 Å². The third-order valence-corrected chi connectivity index (χ3v) is 3.50. The van der Waals surface area contributed by atoms with Crippen molar-refractivity contribution in [3.8, 4) is 5.75 Å². The van der Waals surface area contributed by atoms with Gasteiger partial charge in [0.2, 0.25) is 0 Å². The van der Waals surface area contributed by atoms with E-state index in [-0.39, 0.29) is 12.6 Å². The Morgan fingerprint density at radius 2 is 2.19 bits per heavy atom. The van der Waals surface area contributed by atoms with Crippen molar-refractivity contribution < 1.29 is 17.3 Å². The largest absolute Gasteiger partial charge is 0.496 e. The van der Waals surface area contributed by atoms with Crippen LogP contribution >= 0.6 is 0 Å². The van der Waals surface area contributed by atoms with Gasteiger partial charge < -0.3 is 4.74 Å². The average molecular weight is 243 g/mol. The summed E-state index contributed by atoms with van der Waals surface area (Å²) in [4.78, 5) is 0. The van der Waals surface area contributed by atoms with E-state index in [0.717, 1.165) is 5.56 Å². The Labute approximate surface area is 94.6 Å². The van der Waals surface area contributed by atoms with Gasteiger partial charge in [0.1, 0.15) is 5.75 Å². The Balaban J connectivity index is 2.30. The van der Waals surface area contributed by atoms with Gasteiger partial charge in [-0.25, -0.2) is 0 Å². The van der Waals surface area contributed by atoms with Crippen molar-refractivity contribution in [1.29, 1.82) is 0 Å². The van der Waals surface area contributed by atoms with E-state index in [2.05, 4.69) is 8.91 Å². The molecule has 1 saturated heterocycles. The van der Waals surface area contributed by atoms with Gasteiger partial charge in [-0.1, -0.05) is 18.2 Å². The number of nitrogens with one attached hydrogen (secondary N) is 1. The summed E-state index contributed by atoms with van der Waals surface area (Å²) in [6, 6.07) is 7.06. The van der Waals surface area contributed by atoms with E-state index in [9.17, 15) is 8.42 Å². The number of hydrogen-bond acceptors (Lipinski definition) is 4. The lowest BCUT2D eigenvalue weighted by Crippen LogP contribution is -2.36. The fourth-order valence-electron chi connectivity index (χ4n) is 1.72. The monoisotopic (exact) mass is 243 g/mol. The van der Waals surface area contributed by atoms with E-state index in [1.165, 1.54) is 0 Å². The quantitative estimate of drug-likeness (QED) is 0.841. The molecule has 0 unspecified atom stereocenters. The second-order valence-corrected chi connectivity index (χ2v) is 4.86. The summed E-state index contributed by atoms with van der Waals surface area (Å²) in [5, 5.41) is 0. The third kappa shape index (κ3) is 2.34. The van der Waals surface area contributed by atoms with Crippen LogP contribution in [0.4, 0.5) is 0 Å². The van der Waals surface area contributed by atoms with E-state index in [4.69, 9.17) is 4.74 Å². The number of para-hydroxylation sites is 1. The Bertz CT molecular complexity index is 471. The molecule has 1 N–H and O–H groups in total. The molecular weight excluding hydrogens is 230 g/mol. The summed E-state index contributed by atoms with van der Waals surface area (Å²) < 4.78 is 34.8. The van der Waals surface area contributed by atoms with Gasteiger partial charge in [-0.2, -0.15) is 13.1 Å². The van der Waals surface area contributed by atoms with Crippen LogP contribution in [0.2, 0.25) is 0 Å². The summed E-state index contributed by atoms with van der Waals surface area (Å²) in [6.45, 7) is 0.193. The summed E-state index contributed by atoms with van der Waals surface area (Å²) >= 11 is 0. The topological polar surface area (TPSA) is 64.6 Å². The first-order valence-corrected chi connectivity index (χ1v) is 6.33. The van der Waals surface area contributed by atoms with Crippen LogP contribution in [-0.4, -0.2) is 22.1 Å². The molecule has 0 amide bonds. The van der Waals surface area contributed by atoms with Gasteiger partial charge in [-0.15, -0.1) is 0 Å². The number of hydrogen-bond donors (Lipinski definition) is 1. The number of methoxy groups -OCH3 is 1. The van der Waals surface area contributed by atoms with Crippen molar-refractivity contribution in [1.82, 2.24) is 4.72 Å². The van der Waals surface area contributed by atoms with E-state index < -0.39 is 10.3 Å².